The zero-order valence-corrected chi connectivity index (χ0v) is 36.4. The molecule has 2 aromatic rings. The molecule has 0 aliphatic carbocycles. The lowest BCUT2D eigenvalue weighted by atomic mass is 10.0. The van der Waals surface area contributed by atoms with Crippen LogP contribution in [0.3, 0.4) is 0 Å². The largest absolute Gasteiger partial charge is 0.444 e. The number of nitrogens with one attached hydrogen (secondary N) is 5. The zero-order chi connectivity index (χ0) is 40.9. The van der Waals surface area contributed by atoms with E-state index < -0.39 is 23.4 Å². The Labute approximate surface area is 341 Å². The van der Waals surface area contributed by atoms with Crippen LogP contribution in [0.4, 0.5) is 9.59 Å². The standard InChI is InChI=1S/C47H79N5O4/c1-8-9-10-11-12-13-14-15-16-17-18-19-20-21-22-29-34-48-43(49-37-41(35-39-30-25-23-26-31-39)51-44(53)55-46(2,3)4)50-38-42(36-40-32-27-24-28-33-40)52-45(54)56-47(5,6)7/h23-28,30-33,41-42H,8-22,29,34-38H2,1-7H3,(H,51,53)(H,52,54)(H2,48,49,50)/p+1/t41-,42-/m0/s1. The third-order valence-electron chi connectivity index (χ3n) is 9.47. The van der Waals surface area contributed by atoms with Crippen LogP contribution in [0.5, 0.6) is 0 Å². The van der Waals surface area contributed by atoms with Crippen LogP contribution in [0.15, 0.2) is 60.7 Å². The summed E-state index contributed by atoms with van der Waals surface area (Å²) < 4.78 is 11.2. The van der Waals surface area contributed by atoms with Crippen molar-refractivity contribution in [3.8, 4) is 0 Å². The van der Waals surface area contributed by atoms with Crippen LogP contribution in [-0.4, -0.2) is 61.1 Å². The van der Waals surface area contributed by atoms with Gasteiger partial charge in [-0.15, -0.1) is 0 Å². The molecule has 0 aromatic heterocycles. The van der Waals surface area contributed by atoms with Gasteiger partial charge < -0.3 is 20.1 Å². The van der Waals surface area contributed by atoms with E-state index in [4.69, 9.17) is 9.47 Å². The van der Waals surface area contributed by atoms with Gasteiger partial charge in [0.25, 0.3) is 0 Å². The topological polar surface area (TPSA) is 115 Å². The molecule has 316 valence electrons. The number of alkyl carbamates (subject to hydrolysis) is 2. The van der Waals surface area contributed by atoms with Gasteiger partial charge in [-0.25, -0.2) is 9.59 Å². The van der Waals surface area contributed by atoms with Crippen molar-refractivity contribution < 1.29 is 24.1 Å². The minimum atomic E-state index is -0.600. The second-order valence-corrected chi connectivity index (χ2v) is 17.4. The normalized spacial score (nSPS) is 13.1. The fraction of sp³-hybridized carbons (Fsp3) is 0.681. The molecule has 0 fully saturated rings. The van der Waals surface area contributed by atoms with Gasteiger partial charge in [-0.3, -0.25) is 15.6 Å². The molecule has 0 heterocycles. The number of guanidine groups is 1. The van der Waals surface area contributed by atoms with Gasteiger partial charge in [0.1, 0.15) is 11.2 Å². The van der Waals surface area contributed by atoms with E-state index in [1.165, 1.54) is 96.3 Å². The number of unbranched alkanes of at least 4 members (excludes halogenated alkanes) is 15. The van der Waals surface area contributed by atoms with E-state index in [0.717, 1.165) is 30.1 Å². The van der Waals surface area contributed by atoms with Crippen LogP contribution in [0, 0.1) is 0 Å². The molecule has 9 nitrogen and oxygen atoms in total. The molecule has 0 radical (unpaired) electrons. The number of ether oxygens (including phenoxy) is 2. The summed E-state index contributed by atoms with van der Waals surface area (Å²) >= 11 is 0. The molecule has 5 N–H and O–H groups in total. The molecule has 0 spiro atoms. The number of hydrogen-bond acceptors (Lipinski definition) is 4. The predicted octanol–water partition coefficient (Wildman–Crippen LogP) is 9.14. The van der Waals surface area contributed by atoms with E-state index in [-0.39, 0.29) is 12.1 Å². The van der Waals surface area contributed by atoms with Crippen molar-refractivity contribution in [2.45, 2.75) is 187 Å². The summed E-state index contributed by atoms with van der Waals surface area (Å²) in [5, 5.41) is 13.3. The van der Waals surface area contributed by atoms with Crippen LogP contribution in [0.25, 0.3) is 0 Å². The van der Waals surface area contributed by atoms with Crippen molar-refractivity contribution in [1.82, 2.24) is 21.3 Å². The van der Waals surface area contributed by atoms with Crippen molar-refractivity contribution in [1.29, 1.82) is 0 Å². The third kappa shape index (κ3) is 27.0. The lowest BCUT2D eigenvalue weighted by molar-refractivity contribution is -0.465. The van der Waals surface area contributed by atoms with Gasteiger partial charge in [-0.2, -0.15) is 0 Å². The molecule has 9 heteroatoms. The zero-order valence-electron chi connectivity index (χ0n) is 36.4. The average molecular weight is 779 g/mol. The van der Waals surface area contributed by atoms with Gasteiger partial charge in [0.2, 0.25) is 0 Å². The fourth-order valence-electron chi connectivity index (χ4n) is 6.62. The maximum atomic E-state index is 12.9. The van der Waals surface area contributed by atoms with Crippen molar-refractivity contribution >= 4 is 18.1 Å². The molecular weight excluding hydrogens is 699 g/mol. The number of hydrogen-bond donors (Lipinski definition) is 5. The van der Waals surface area contributed by atoms with Gasteiger partial charge in [0, 0.05) is 0 Å². The first-order valence-corrected chi connectivity index (χ1v) is 22.0. The lowest BCUT2D eigenvalue weighted by Crippen LogP contribution is -2.83. The SMILES string of the molecule is CCCCCCCCCCCCCCCCCCNC(NC[C@H](Cc1ccccc1)NC(=O)OC(C)(C)C)=[NH+]C[C@H](Cc1ccccc1)NC(=O)OC(C)(C)C. The van der Waals surface area contributed by atoms with Gasteiger partial charge >= 0.3 is 18.1 Å². The van der Waals surface area contributed by atoms with Gasteiger partial charge in [0.15, 0.2) is 0 Å². The summed E-state index contributed by atoms with van der Waals surface area (Å²) in [5.41, 5.74) is 1.04. The maximum absolute atomic E-state index is 12.9. The summed E-state index contributed by atoms with van der Waals surface area (Å²) in [6.45, 7) is 15.2. The summed E-state index contributed by atoms with van der Waals surface area (Å²) in [5.74, 6) is 0.763. The highest BCUT2D eigenvalue weighted by Gasteiger charge is 2.23. The van der Waals surface area contributed by atoms with Crippen LogP contribution < -0.4 is 26.3 Å². The number of carbonyl (C=O) groups is 2. The van der Waals surface area contributed by atoms with Crippen LogP contribution >= 0.6 is 0 Å². The smallest absolute Gasteiger partial charge is 0.407 e. The maximum Gasteiger partial charge on any atom is 0.407 e. The van der Waals surface area contributed by atoms with Gasteiger partial charge in [-0.1, -0.05) is 164 Å². The number of carbonyl (C=O) groups excluding carboxylic acids is 2. The summed E-state index contributed by atoms with van der Waals surface area (Å²) in [7, 11) is 0. The molecule has 56 heavy (non-hydrogen) atoms. The molecule has 0 saturated carbocycles. The Kier molecular flexibility index (Phi) is 24.7. The highest BCUT2D eigenvalue weighted by molar-refractivity contribution is 5.74. The van der Waals surface area contributed by atoms with E-state index in [1.807, 2.05) is 77.9 Å². The Morgan fingerprint density at radius 3 is 1.38 bits per heavy atom. The highest BCUT2D eigenvalue weighted by atomic mass is 16.6. The Hall–Kier alpha value is -3.75. The van der Waals surface area contributed by atoms with Gasteiger partial charge in [0.05, 0.1) is 31.7 Å². The Balaban J connectivity index is 1.99. The molecule has 2 amide bonds. The number of benzene rings is 2. The Bertz CT molecular complexity index is 1320. The highest BCUT2D eigenvalue weighted by Crippen LogP contribution is 2.14. The van der Waals surface area contributed by atoms with Crippen LogP contribution in [-0.2, 0) is 22.3 Å². The first-order valence-electron chi connectivity index (χ1n) is 22.0. The quantitative estimate of drug-likeness (QED) is 0.0351. The Morgan fingerprint density at radius 1 is 0.554 bits per heavy atom. The van der Waals surface area contributed by atoms with E-state index in [2.05, 4.69) is 57.4 Å². The molecule has 0 saturated heterocycles. The van der Waals surface area contributed by atoms with Crippen molar-refractivity contribution in [3.63, 3.8) is 0 Å². The molecule has 0 unspecified atom stereocenters. The molecule has 2 atom stereocenters. The van der Waals surface area contributed by atoms with Crippen LogP contribution in [0.1, 0.15) is 162 Å². The molecule has 0 aliphatic heterocycles. The number of rotatable bonds is 27. The molecule has 0 bridgehead atoms. The lowest BCUT2D eigenvalue weighted by Gasteiger charge is -2.24. The predicted molar refractivity (Wildman–Crippen MR) is 233 cm³/mol. The molecule has 2 aromatic carbocycles. The molecule has 0 aliphatic rings. The summed E-state index contributed by atoms with van der Waals surface area (Å²) in [6.07, 6.45) is 21.8. The minimum absolute atomic E-state index is 0.235. The number of amides is 2. The van der Waals surface area contributed by atoms with Crippen LogP contribution in [0.2, 0.25) is 0 Å². The third-order valence-corrected chi connectivity index (χ3v) is 9.47. The van der Waals surface area contributed by atoms with E-state index in [9.17, 15) is 9.59 Å². The van der Waals surface area contributed by atoms with Crippen molar-refractivity contribution in [2.24, 2.45) is 0 Å². The van der Waals surface area contributed by atoms with E-state index in [1.54, 1.807) is 0 Å². The first kappa shape index (κ1) is 48.4. The minimum Gasteiger partial charge on any atom is -0.444 e. The summed E-state index contributed by atoms with van der Waals surface area (Å²) in [6, 6.07) is 19.8. The van der Waals surface area contributed by atoms with Gasteiger partial charge in [-0.05, 0) is 71.9 Å². The summed E-state index contributed by atoms with van der Waals surface area (Å²) in [4.78, 5) is 29.3. The van der Waals surface area contributed by atoms with E-state index >= 15 is 0 Å². The first-order chi connectivity index (χ1) is 26.8. The monoisotopic (exact) mass is 779 g/mol. The molecule has 2 rings (SSSR count). The van der Waals surface area contributed by atoms with E-state index in [0.29, 0.717) is 25.9 Å². The fourth-order valence-corrected chi connectivity index (χ4v) is 6.62. The average Bonchev–Trinajstić information content (AvgIpc) is 3.12. The second-order valence-electron chi connectivity index (χ2n) is 17.4. The van der Waals surface area contributed by atoms with Crippen molar-refractivity contribution in [3.05, 3.63) is 71.8 Å². The van der Waals surface area contributed by atoms with Crippen molar-refractivity contribution in [2.75, 3.05) is 19.6 Å². The second kappa shape index (κ2) is 28.6. The Morgan fingerprint density at radius 2 is 0.946 bits per heavy atom. The molecular formula is C47H80N5O4+.